The zero-order valence-corrected chi connectivity index (χ0v) is 13.4. The molecule has 3 nitrogen and oxygen atoms in total. The van der Waals surface area contributed by atoms with Crippen LogP contribution in [0.15, 0.2) is 18.2 Å². The second-order valence-corrected chi connectivity index (χ2v) is 6.61. The highest BCUT2D eigenvalue weighted by Gasteiger charge is 2.26. The monoisotopic (exact) mass is 310 g/mol. The molecule has 2 rings (SSSR count). The van der Waals surface area contributed by atoms with Gasteiger partial charge in [-0.3, -0.25) is 0 Å². The van der Waals surface area contributed by atoms with Crippen molar-refractivity contribution < 1.29 is 13.6 Å². The van der Waals surface area contributed by atoms with Crippen LogP contribution in [0.1, 0.15) is 32.8 Å². The van der Waals surface area contributed by atoms with Crippen molar-refractivity contribution in [2.45, 2.75) is 39.7 Å². The molecule has 122 valence electrons. The second-order valence-electron chi connectivity index (χ2n) is 6.61. The molecule has 1 N–H and O–H groups in total. The Kier molecular flexibility index (Phi) is 5.37. The number of halogens is 2. The van der Waals surface area contributed by atoms with Gasteiger partial charge in [-0.2, -0.15) is 0 Å². The Bertz CT molecular complexity index is 505. The van der Waals surface area contributed by atoms with E-state index in [0.717, 1.165) is 19.5 Å². The Labute approximate surface area is 130 Å². The van der Waals surface area contributed by atoms with Crippen molar-refractivity contribution in [3.63, 3.8) is 0 Å². The number of carbonyl (C=O) groups is 1. The molecule has 1 aromatic carbocycles. The van der Waals surface area contributed by atoms with Gasteiger partial charge in [-0.25, -0.2) is 13.6 Å². The van der Waals surface area contributed by atoms with Gasteiger partial charge in [0, 0.05) is 24.7 Å². The maximum atomic E-state index is 13.6. The van der Waals surface area contributed by atoms with Crippen molar-refractivity contribution in [1.82, 2.24) is 10.2 Å². The van der Waals surface area contributed by atoms with Crippen LogP contribution >= 0.6 is 0 Å². The Hall–Kier alpha value is -1.65. The lowest BCUT2D eigenvalue weighted by Crippen LogP contribution is -2.50. The van der Waals surface area contributed by atoms with E-state index in [1.54, 1.807) is 11.8 Å². The molecule has 0 radical (unpaired) electrons. The fourth-order valence-electron chi connectivity index (χ4n) is 3.22. The first-order valence-corrected chi connectivity index (χ1v) is 7.85. The number of nitrogens with one attached hydrogen (secondary N) is 1. The minimum absolute atomic E-state index is 0.0238. The predicted octanol–water partition coefficient (Wildman–Crippen LogP) is 3.58. The summed E-state index contributed by atoms with van der Waals surface area (Å²) in [6.07, 6.45) is 1.27. The molecule has 5 heteroatoms. The third-order valence-corrected chi connectivity index (χ3v) is 4.10. The Morgan fingerprint density at radius 2 is 1.82 bits per heavy atom. The van der Waals surface area contributed by atoms with E-state index >= 15 is 0 Å². The Morgan fingerprint density at radius 1 is 1.27 bits per heavy atom. The number of hydrogen-bond donors (Lipinski definition) is 1. The molecule has 1 aliphatic heterocycles. The van der Waals surface area contributed by atoms with E-state index in [1.165, 1.54) is 18.2 Å². The molecule has 3 unspecified atom stereocenters. The summed E-state index contributed by atoms with van der Waals surface area (Å²) in [4.78, 5) is 14.1. The average molecular weight is 310 g/mol. The van der Waals surface area contributed by atoms with Gasteiger partial charge in [0.15, 0.2) is 0 Å². The predicted molar refractivity (Wildman–Crippen MR) is 82.6 cm³/mol. The van der Waals surface area contributed by atoms with Crippen LogP contribution in [-0.4, -0.2) is 30.1 Å². The van der Waals surface area contributed by atoms with Crippen LogP contribution < -0.4 is 5.32 Å². The summed E-state index contributed by atoms with van der Waals surface area (Å²) in [5, 5.41) is 2.85. The van der Waals surface area contributed by atoms with Crippen LogP contribution in [0, 0.1) is 23.5 Å². The van der Waals surface area contributed by atoms with Crippen LogP contribution in [-0.2, 0) is 6.42 Å². The van der Waals surface area contributed by atoms with E-state index in [0.29, 0.717) is 11.8 Å². The van der Waals surface area contributed by atoms with Crippen molar-refractivity contribution >= 4 is 6.03 Å². The van der Waals surface area contributed by atoms with Crippen LogP contribution in [0.25, 0.3) is 0 Å². The van der Waals surface area contributed by atoms with Gasteiger partial charge < -0.3 is 10.2 Å². The van der Waals surface area contributed by atoms with Gasteiger partial charge in [0.1, 0.15) is 11.6 Å². The molecular weight excluding hydrogens is 286 g/mol. The van der Waals surface area contributed by atoms with Gasteiger partial charge in [-0.15, -0.1) is 0 Å². The molecule has 0 saturated carbocycles. The van der Waals surface area contributed by atoms with E-state index in [2.05, 4.69) is 19.2 Å². The SMILES string of the molecule is CC1CC(C)CN(C(=O)NC(C)Cc2c(F)cccc2F)C1. The van der Waals surface area contributed by atoms with Crippen molar-refractivity contribution in [1.29, 1.82) is 0 Å². The highest BCUT2D eigenvalue weighted by molar-refractivity contribution is 5.74. The molecule has 1 fully saturated rings. The first kappa shape index (κ1) is 16.7. The fourth-order valence-corrected chi connectivity index (χ4v) is 3.22. The first-order chi connectivity index (χ1) is 10.4. The zero-order valence-electron chi connectivity index (χ0n) is 13.4. The summed E-state index contributed by atoms with van der Waals surface area (Å²) < 4.78 is 27.3. The van der Waals surface area contributed by atoms with Crippen molar-refractivity contribution in [3.8, 4) is 0 Å². The van der Waals surface area contributed by atoms with Crippen molar-refractivity contribution in [2.24, 2.45) is 11.8 Å². The van der Waals surface area contributed by atoms with E-state index in [-0.39, 0.29) is 24.1 Å². The quantitative estimate of drug-likeness (QED) is 0.909. The van der Waals surface area contributed by atoms with Crippen molar-refractivity contribution in [3.05, 3.63) is 35.4 Å². The molecule has 1 aromatic rings. The van der Waals surface area contributed by atoms with Crippen LogP contribution in [0.2, 0.25) is 0 Å². The first-order valence-electron chi connectivity index (χ1n) is 7.85. The number of nitrogens with zero attached hydrogens (tertiary/aromatic N) is 1. The van der Waals surface area contributed by atoms with E-state index in [4.69, 9.17) is 0 Å². The van der Waals surface area contributed by atoms with Gasteiger partial charge in [0.2, 0.25) is 0 Å². The molecule has 0 spiro atoms. The lowest BCUT2D eigenvalue weighted by molar-refractivity contribution is 0.144. The minimum atomic E-state index is -0.568. The van der Waals surface area contributed by atoms with Gasteiger partial charge in [0.25, 0.3) is 0 Å². The number of amides is 2. The molecular formula is C17H24F2N2O. The maximum absolute atomic E-state index is 13.6. The Morgan fingerprint density at radius 3 is 2.36 bits per heavy atom. The number of piperidine rings is 1. The molecule has 0 bridgehead atoms. The molecule has 1 aliphatic rings. The van der Waals surface area contributed by atoms with Gasteiger partial charge in [-0.1, -0.05) is 19.9 Å². The van der Waals surface area contributed by atoms with Gasteiger partial charge >= 0.3 is 6.03 Å². The van der Waals surface area contributed by atoms with Gasteiger partial charge in [-0.05, 0) is 43.7 Å². The fraction of sp³-hybridized carbons (Fsp3) is 0.588. The summed E-state index contributed by atoms with van der Waals surface area (Å²) in [6.45, 7) is 7.50. The minimum Gasteiger partial charge on any atom is -0.335 e. The summed E-state index contributed by atoms with van der Waals surface area (Å²) in [7, 11) is 0. The van der Waals surface area contributed by atoms with E-state index in [1.807, 2.05) is 0 Å². The number of rotatable bonds is 3. The maximum Gasteiger partial charge on any atom is 0.317 e. The molecule has 0 aromatic heterocycles. The number of hydrogen-bond acceptors (Lipinski definition) is 1. The largest absolute Gasteiger partial charge is 0.335 e. The summed E-state index contributed by atoms with van der Waals surface area (Å²) >= 11 is 0. The normalized spacial score (nSPS) is 23.2. The number of benzene rings is 1. The molecule has 0 aliphatic carbocycles. The number of carbonyl (C=O) groups excluding carboxylic acids is 1. The van der Waals surface area contributed by atoms with E-state index < -0.39 is 11.6 Å². The smallest absolute Gasteiger partial charge is 0.317 e. The lowest BCUT2D eigenvalue weighted by atomic mass is 9.92. The summed E-state index contributed by atoms with van der Waals surface area (Å²) in [5.74, 6) is -0.176. The molecule has 1 heterocycles. The van der Waals surface area contributed by atoms with Crippen molar-refractivity contribution in [2.75, 3.05) is 13.1 Å². The number of urea groups is 1. The highest BCUT2D eigenvalue weighted by atomic mass is 19.1. The zero-order chi connectivity index (χ0) is 16.3. The van der Waals surface area contributed by atoms with Crippen LogP contribution in [0.5, 0.6) is 0 Å². The third-order valence-electron chi connectivity index (χ3n) is 4.10. The number of likely N-dealkylation sites (tertiary alicyclic amines) is 1. The summed E-state index contributed by atoms with van der Waals surface area (Å²) in [6, 6.07) is 3.34. The average Bonchev–Trinajstić information content (AvgIpc) is 2.42. The summed E-state index contributed by atoms with van der Waals surface area (Å²) in [5.41, 5.74) is 0.0238. The third kappa shape index (κ3) is 4.18. The van der Waals surface area contributed by atoms with E-state index in [9.17, 15) is 13.6 Å². The standard InChI is InChI=1S/C17H24F2N2O/c1-11-7-12(2)10-21(9-11)17(22)20-13(3)8-14-15(18)5-4-6-16(14)19/h4-6,11-13H,7-10H2,1-3H3,(H,20,22). The highest BCUT2D eigenvalue weighted by Crippen LogP contribution is 2.21. The molecule has 2 amide bonds. The van der Waals surface area contributed by atoms with Crippen LogP contribution in [0.3, 0.4) is 0 Å². The topological polar surface area (TPSA) is 32.3 Å². The molecule has 1 saturated heterocycles. The Balaban J connectivity index is 1.94. The second kappa shape index (κ2) is 7.07. The molecule has 3 atom stereocenters. The van der Waals surface area contributed by atoms with Crippen LogP contribution in [0.4, 0.5) is 13.6 Å². The van der Waals surface area contributed by atoms with Gasteiger partial charge in [0.05, 0.1) is 0 Å². The lowest BCUT2D eigenvalue weighted by Gasteiger charge is -2.35. The molecule has 22 heavy (non-hydrogen) atoms.